The minimum atomic E-state index is 0.642. The van der Waals surface area contributed by atoms with Gasteiger partial charge in [0, 0.05) is 48.2 Å². The van der Waals surface area contributed by atoms with Crippen molar-refractivity contribution in [3.63, 3.8) is 0 Å². The van der Waals surface area contributed by atoms with Gasteiger partial charge in [0.2, 0.25) is 11.4 Å². The monoisotopic (exact) mass is 607 g/mol. The summed E-state index contributed by atoms with van der Waals surface area (Å²) in [6.45, 7) is 7.36. The highest BCUT2D eigenvalue weighted by molar-refractivity contribution is 6.38. The van der Waals surface area contributed by atoms with Gasteiger partial charge in [-0.1, -0.05) is 86.1 Å². The molecule has 1 heterocycles. The van der Waals surface area contributed by atoms with Crippen molar-refractivity contribution in [3.8, 4) is 5.75 Å². The number of benzene rings is 5. The Morgan fingerprint density at radius 2 is 1.28 bits per heavy atom. The lowest BCUT2D eigenvalue weighted by Gasteiger charge is -2.25. The molecule has 0 amide bonds. The molecule has 6 rings (SSSR count). The van der Waals surface area contributed by atoms with Crippen molar-refractivity contribution in [3.05, 3.63) is 156 Å². The fraction of sp³-hybridized carbons (Fsp3) is 0.214. The molecule has 4 heteroatoms. The van der Waals surface area contributed by atoms with Crippen molar-refractivity contribution in [2.75, 3.05) is 38.3 Å². The number of allylic oxidation sites excluding steroid dienone is 1. The second-order valence-corrected chi connectivity index (χ2v) is 11.4. The van der Waals surface area contributed by atoms with Gasteiger partial charge in [-0.2, -0.15) is 4.58 Å². The molecule has 0 bridgehead atoms. The molecule has 46 heavy (non-hydrogen) atoms. The molecule has 1 aliphatic rings. The van der Waals surface area contributed by atoms with E-state index in [0.29, 0.717) is 13.2 Å². The van der Waals surface area contributed by atoms with E-state index in [2.05, 4.69) is 138 Å². The average molecular weight is 608 g/mol. The number of nitrogens with zero attached hydrogens (tertiary/aromatic N) is 2. The van der Waals surface area contributed by atoms with Crippen LogP contribution in [-0.4, -0.2) is 43.7 Å². The molecule has 0 N–H and O–H groups in total. The van der Waals surface area contributed by atoms with E-state index >= 15 is 0 Å². The Balaban J connectivity index is 1.53. The summed E-state index contributed by atoms with van der Waals surface area (Å²) in [4.78, 5) is 2.31. The van der Waals surface area contributed by atoms with Gasteiger partial charge >= 0.3 is 0 Å². The Morgan fingerprint density at radius 3 is 1.93 bits per heavy atom. The fourth-order valence-corrected chi connectivity index (χ4v) is 6.34. The van der Waals surface area contributed by atoms with E-state index < -0.39 is 0 Å². The van der Waals surface area contributed by atoms with Gasteiger partial charge in [0.05, 0.1) is 24.9 Å². The molecule has 0 aromatic heterocycles. The Morgan fingerprint density at radius 1 is 0.674 bits per heavy atom. The van der Waals surface area contributed by atoms with E-state index in [1.54, 1.807) is 7.11 Å². The second-order valence-electron chi connectivity index (χ2n) is 11.4. The predicted molar refractivity (Wildman–Crippen MR) is 192 cm³/mol. The number of hydrogen-bond donors (Lipinski definition) is 0. The molecule has 1 aliphatic heterocycles. The highest BCUT2D eigenvalue weighted by Crippen LogP contribution is 2.43. The zero-order valence-corrected chi connectivity index (χ0v) is 27.2. The first-order valence-electron chi connectivity index (χ1n) is 16.4. The smallest absolute Gasteiger partial charge is 0.221 e. The van der Waals surface area contributed by atoms with E-state index in [0.717, 1.165) is 43.1 Å². The topological polar surface area (TPSA) is 24.7 Å². The van der Waals surface area contributed by atoms with Crippen LogP contribution in [0.2, 0.25) is 0 Å². The Labute approximate surface area is 273 Å². The fourth-order valence-electron chi connectivity index (χ4n) is 6.34. The van der Waals surface area contributed by atoms with Gasteiger partial charge in [-0.15, -0.1) is 0 Å². The number of para-hydroxylation sites is 1. The number of hydrogen-bond acceptors (Lipinski definition) is 3. The summed E-state index contributed by atoms with van der Waals surface area (Å²) < 4.78 is 13.8. The Hall–Kier alpha value is -4.93. The predicted octanol–water partition coefficient (Wildman–Crippen LogP) is 9.78. The number of methoxy groups -OCH3 is 1. The van der Waals surface area contributed by atoms with Crippen LogP contribution >= 0.6 is 0 Å². The van der Waals surface area contributed by atoms with Crippen LogP contribution in [0.5, 0.6) is 5.75 Å². The number of anilines is 2. The van der Waals surface area contributed by atoms with E-state index in [4.69, 9.17) is 9.47 Å². The molecule has 5 aromatic carbocycles. The van der Waals surface area contributed by atoms with E-state index in [9.17, 15) is 0 Å². The highest BCUT2D eigenvalue weighted by atomic mass is 16.5. The summed E-state index contributed by atoms with van der Waals surface area (Å²) in [6.07, 6.45) is 2.26. The van der Waals surface area contributed by atoms with Gasteiger partial charge in [-0.05, 0) is 72.6 Å². The van der Waals surface area contributed by atoms with Crippen molar-refractivity contribution < 1.29 is 14.0 Å². The molecule has 0 saturated carbocycles. The third-order valence-electron chi connectivity index (χ3n) is 8.58. The van der Waals surface area contributed by atoms with Gasteiger partial charge < -0.3 is 14.4 Å². The van der Waals surface area contributed by atoms with Gasteiger partial charge in [0.15, 0.2) is 0 Å². The van der Waals surface area contributed by atoms with Gasteiger partial charge in [0.25, 0.3) is 0 Å². The van der Waals surface area contributed by atoms with Crippen molar-refractivity contribution >= 4 is 33.9 Å². The Kier molecular flexibility index (Phi) is 10.1. The molecule has 0 aliphatic carbocycles. The van der Waals surface area contributed by atoms with Crippen LogP contribution in [0, 0.1) is 0 Å². The largest absolute Gasteiger partial charge is 0.497 e. The molecular formula is C42H43N2O2+. The summed E-state index contributed by atoms with van der Waals surface area (Å²) >= 11 is 0. The first-order valence-corrected chi connectivity index (χ1v) is 16.4. The van der Waals surface area contributed by atoms with E-state index in [-0.39, 0.29) is 0 Å². The van der Waals surface area contributed by atoms with E-state index in [1.807, 2.05) is 19.1 Å². The van der Waals surface area contributed by atoms with Crippen LogP contribution in [0.15, 0.2) is 133 Å². The van der Waals surface area contributed by atoms with Crippen molar-refractivity contribution in [2.24, 2.45) is 0 Å². The first-order chi connectivity index (χ1) is 22.7. The zero-order valence-electron chi connectivity index (χ0n) is 27.2. The average Bonchev–Trinajstić information content (AvgIpc) is 3.44. The van der Waals surface area contributed by atoms with Gasteiger partial charge in [-0.3, -0.25) is 0 Å². The standard InChI is InChI=1S/C42H43N2O2/c1-4-6-29-44-39-20-14-13-19-38(39)41(42(44)34-17-11-8-12-18-34)40(32-15-9-7-10-16-32)33-21-23-35(24-22-33)43(30-31-46-5-2)36-25-27-37(45-3)28-26-36/h7-28H,4-6,29-31H2,1-3H3/q+1. The summed E-state index contributed by atoms with van der Waals surface area (Å²) in [5, 5.41) is 0. The maximum Gasteiger partial charge on any atom is 0.221 e. The summed E-state index contributed by atoms with van der Waals surface area (Å²) in [6, 6.07) is 47.9. The molecule has 0 saturated heterocycles. The lowest BCUT2D eigenvalue weighted by molar-refractivity contribution is -0.436. The first kappa shape index (κ1) is 31.1. The zero-order chi connectivity index (χ0) is 31.7. The van der Waals surface area contributed by atoms with Gasteiger partial charge in [-0.25, -0.2) is 0 Å². The van der Waals surface area contributed by atoms with Crippen LogP contribution in [0.3, 0.4) is 0 Å². The molecule has 0 atom stereocenters. The van der Waals surface area contributed by atoms with Crippen LogP contribution in [0.4, 0.5) is 17.1 Å². The summed E-state index contributed by atoms with van der Waals surface area (Å²) in [5.41, 5.74) is 12.2. The lowest BCUT2D eigenvalue weighted by Crippen LogP contribution is -2.22. The second kappa shape index (κ2) is 14.9. The maximum atomic E-state index is 5.78. The quantitative estimate of drug-likeness (QED) is 0.0984. The van der Waals surface area contributed by atoms with Crippen LogP contribution in [0.25, 0.3) is 11.1 Å². The molecular weight excluding hydrogens is 564 g/mol. The molecule has 0 radical (unpaired) electrons. The maximum absolute atomic E-state index is 5.78. The molecule has 232 valence electrons. The summed E-state index contributed by atoms with van der Waals surface area (Å²) in [5.74, 6) is 0.846. The highest BCUT2D eigenvalue weighted by Gasteiger charge is 2.37. The van der Waals surface area contributed by atoms with Crippen molar-refractivity contribution in [1.82, 2.24) is 0 Å². The van der Waals surface area contributed by atoms with Crippen molar-refractivity contribution in [1.29, 1.82) is 0 Å². The third-order valence-corrected chi connectivity index (χ3v) is 8.58. The molecule has 0 unspecified atom stereocenters. The number of rotatable bonds is 13. The van der Waals surface area contributed by atoms with Crippen LogP contribution < -0.4 is 9.64 Å². The number of ether oxygens (including phenoxy) is 2. The minimum absolute atomic E-state index is 0.642. The van der Waals surface area contributed by atoms with Crippen LogP contribution in [-0.2, 0) is 4.74 Å². The molecule has 0 fully saturated rings. The third kappa shape index (κ3) is 6.54. The van der Waals surface area contributed by atoms with Crippen molar-refractivity contribution in [2.45, 2.75) is 26.7 Å². The summed E-state index contributed by atoms with van der Waals surface area (Å²) in [7, 11) is 1.70. The van der Waals surface area contributed by atoms with E-state index in [1.165, 1.54) is 44.8 Å². The number of unbranched alkanes of at least 4 members (excludes halogenated alkanes) is 1. The lowest BCUT2D eigenvalue weighted by atomic mass is 9.86. The molecule has 5 aromatic rings. The molecule has 4 nitrogen and oxygen atoms in total. The Bertz CT molecular complexity index is 1790. The normalized spacial score (nSPS) is 13.5. The number of fused-ring (bicyclic) bond motifs is 1. The SMILES string of the molecule is CCCC[N+]1=C(c2ccccc2)/C(=C(/c2ccccc2)c2ccc(N(CCOCC)c3ccc(OC)cc3)cc2)c2ccccc21. The van der Waals surface area contributed by atoms with Crippen LogP contribution in [0.1, 0.15) is 48.9 Å². The molecule has 0 spiro atoms. The minimum Gasteiger partial charge on any atom is -0.497 e. The van der Waals surface area contributed by atoms with Gasteiger partial charge in [0.1, 0.15) is 12.3 Å².